The van der Waals surface area contributed by atoms with Gasteiger partial charge in [-0.3, -0.25) is 0 Å². The van der Waals surface area contributed by atoms with Gasteiger partial charge in [0.05, 0.1) is 0 Å². The molecule has 52 valence electrons. The Bertz CT molecular complexity index is 135. The average molecular weight is 127 g/mol. The van der Waals surface area contributed by atoms with E-state index in [1.54, 1.807) is 7.05 Å². The largest absolute Gasteiger partial charge is 0.302 e. The van der Waals surface area contributed by atoms with E-state index in [4.69, 9.17) is 5.84 Å². The molecule has 3 heteroatoms. The van der Waals surface area contributed by atoms with Crippen LogP contribution >= 0.6 is 0 Å². The summed E-state index contributed by atoms with van der Waals surface area (Å²) in [4.78, 5) is 4.00. The minimum atomic E-state index is 0.766. The predicted molar refractivity (Wildman–Crippen MR) is 39.9 cm³/mol. The maximum absolute atomic E-state index is 5.35. The fourth-order valence-electron chi connectivity index (χ4n) is 0.355. The highest BCUT2D eigenvalue weighted by Gasteiger charge is 1.90. The lowest BCUT2D eigenvalue weighted by Gasteiger charge is -2.09. The van der Waals surface area contributed by atoms with Crippen molar-refractivity contribution in [2.45, 2.75) is 13.8 Å². The lowest BCUT2D eigenvalue weighted by atomic mass is 10.5. The molecule has 0 aliphatic carbocycles. The highest BCUT2D eigenvalue weighted by Crippen LogP contribution is 1.90. The molecule has 2 N–H and O–H groups in total. The van der Waals surface area contributed by atoms with Crippen molar-refractivity contribution >= 4 is 5.84 Å². The molecule has 0 fully saturated rings. The highest BCUT2D eigenvalue weighted by atomic mass is 15.4. The molecule has 0 spiro atoms. The smallest absolute Gasteiger partial charge is 0.115 e. The molecule has 0 aromatic carbocycles. The van der Waals surface area contributed by atoms with E-state index >= 15 is 0 Å². The van der Waals surface area contributed by atoms with Crippen molar-refractivity contribution in [3.63, 3.8) is 0 Å². The Hall–Kier alpha value is -0.830. The molecule has 0 bridgehead atoms. The molecule has 9 heavy (non-hydrogen) atoms. The van der Waals surface area contributed by atoms with Crippen molar-refractivity contribution in [1.82, 2.24) is 5.01 Å². The van der Waals surface area contributed by atoms with Crippen LogP contribution in [-0.4, -0.2) is 17.9 Å². The topological polar surface area (TPSA) is 41.6 Å². The monoisotopic (exact) mass is 127 g/mol. The number of hydrogen-bond donors (Lipinski definition) is 1. The minimum Gasteiger partial charge on any atom is -0.302 e. The van der Waals surface area contributed by atoms with Gasteiger partial charge in [-0.2, -0.15) is 0 Å². The molecular weight excluding hydrogens is 114 g/mol. The van der Waals surface area contributed by atoms with Gasteiger partial charge in [-0.25, -0.2) is 10.8 Å². The molecule has 3 nitrogen and oxygen atoms in total. The van der Waals surface area contributed by atoms with Gasteiger partial charge < -0.3 is 5.01 Å². The summed E-state index contributed by atoms with van der Waals surface area (Å²) in [6.07, 6.45) is 0. The SMILES string of the molecule is C=C(C)N=C(C)N(C)N. The summed E-state index contributed by atoms with van der Waals surface area (Å²) in [6.45, 7) is 7.26. The van der Waals surface area contributed by atoms with Crippen LogP contribution in [0.5, 0.6) is 0 Å². The second kappa shape index (κ2) is 3.25. The van der Waals surface area contributed by atoms with Crippen molar-refractivity contribution in [2.24, 2.45) is 10.8 Å². The standard InChI is InChI=1S/C6H13N3/c1-5(2)8-6(3)9(4)7/h1,7H2,2-4H3. The van der Waals surface area contributed by atoms with Crippen molar-refractivity contribution in [3.8, 4) is 0 Å². The molecule has 0 saturated carbocycles. The first kappa shape index (κ1) is 8.17. The van der Waals surface area contributed by atoms with E-state index in [9.17, 15) is 0 Å². The van der Waals surface area contributed by atoms with E-state index in [0.29, 0.717) is 0 Å². The van der Waals surface area contributed by atoms with E-state index in [1.807, 2.05) is 13.8 Å². The van der Waals surface area contributed by atoms with Gasteiger partial charge in [-0.15, -0.1) is 0 Å². The van der Waals surface area contributed by atoms with Gasteiger partial charge in [0, 0.05) is 12.7 Å². The van der Waals surface area contributed by atoms with Gasteiger partial charge in [0.25, 0.3) is 0 Å². The summed E-state index contributed by atoms with van der Waals surface area (Å²) in [5, 5.41) is 1.45. The lowest BCUT2D eigenvalue weighted by molar-refractivity contribution is 0.534. The van der Waals surface area contributed by atoms with Gasteiger partial charge in [-0.1, -0.05) is 6.58 Å². The van der Waals surface area contributed by atoms with Crippen LogP contribution in [0.4, 0.5) is 0 Å². The van der Waals surface area contributed by atoms with E-state index in [-0.39, 0.29) is 0 Å². The van der Waals surface area contributed by atoms with Crippen molar-refractivity contribution in [3.05, 3.63) is 12.3 Å². The maximum Gasteiger partial charge on any atom is 0.115 e. The number of aliphatic imine (C=N–C) groups is 1. The van der Waals surface area contributed by atoms with Gasteiger partial charge in [-0.05, 0) is 13.8 Å². The van der Waals surface area contributed by atoms with Crippen LogP contribution in [0.25, 0.3) is 0 Å². The minimum absolute atomic E-state index is 0.766. The van der Waals surface area contributed by atoms with Crippen LogP contribution in [0.3, 0.4) is 0 Å². The number of amidine groups is 1. The highest BCUT2D eigenvalue weighted by molar-refractivity contribution is 5.79. The van der Waals surface area contributed by atoms with Crippen LogP contribution in [0.2, 0.25) is 0 Å². The van der Waals surface area contributed by atoms with Gasteiger partial charge in [0.15, 0.2) is 0 Å². The fraction of sp³-hybridized carbons (Fsp3) is 0.500. The lowest BCUT2D eigenvalue weighted by Crippen LogP contribution is -2.30. The number of nitrogens with two attached hydrogens (primary N) is 1. The van der Waals surface area contributed by atoms with Gasteiger partial charge in [0.2, 0.25) is 0 Å². The molecule has 0 aromatic heterocycles. The summed E-state index contributed by atoms with van der Waals surface area (Å²) in [7, 11) is 1.74. The van der Waals surface area contributed by atoms with Crippen LogP contribution in [0.1, 0.15) is 13.8 Å². The molecule has 0 heterocycles. The Morgan fingerprint density at radius 3 is 2.11 bits per heavy atom. The molecule has 0 atom stereocenters. The third-order valence-corrected chi connectivity index (χ3v) is 0.863. The zero-order valence-corrected chi connectivity index (χ0v) is 6.18. The second-order valence-corrected chi connectivity index (χ2v) is 2.01. The summed E-state index contributed by atoms with van der Waals surface area (Å²) in [5.41, 5.74) is 0.768. The molecule has 0 aromatic rings. The molecular formula is C6H13N3. The summed E-state index contributed by atoms with van der Waals surface area (Å²) >= 11 is 0. The normalized spacial score (nSPS) is 11.3. The first-order valence-corrected chi connectivity index (χ1v) is 2.73. The van der Waals surface area contributed by atoms with Crippen molar-refractivity contribution in [1.29, 1.82) is 0 Å². The maximum atomic E-state index is 5.35. The van der Waals surface area contributed by atoms with E-state index in [1.165, 1.54) is 5.01 Å². The Morgan fingerprint density at radius 2 is 2.00 bits per heavy atom. The van der Waals surface area contributed by atoms with E-state index in [0.717, 1.165) is 11.5 Å². The Balaban J connectivity index is 4.00. The van der Waals surface area contributed by atoms with Crippen molar-refractivity contribution < 1.29 is 0 Å². The van der Waals surface area contributed by atoms with Gasteiger partial charge >= 0.3 is 0 Å². The van der Waals surface area contributed by atoms with Crippen molar-refractivity contribution in [2.75, 3.05) is 7.05 Å². The fourth-order valence-corrected chi connectivity index (χ4v) is 0.355. The third kappa shape index (κ3) is 3.73. The van der Waals surface area contributed by atoms with E-state index < -0.39 is 0 Å². The number of allylic oxidation sites excluding steroid dienone is 1. The summed E-state index contributed by atoms with van der Waals surface area (Å²) in [6, 6.07) is 0. The number of hydrazine groups is 1. The zero-order chi connectivity index (χ0) is 7.44. The Labute approximate surface area is 55.8 Å². The zero-order valence-electron chi connectivity index (χ0n) is 6.18. The Morgan fingerprint density at radius 1 is 1.56 bits per heavy atom. The molecule has 0 rings (SSSR count). The molecule has 0 aliphatic rings. The quantitative estimate of drug-likeness (QED) is 0.244. The second-order valence-electron chi connectivity index (χ2n) is 2.01. The number of nitrogens with zero attached hydrogens (tertiary/aromatic N) is 2. The van der Waals surface area contributed by atoms with E-state index in [2.05, 4.69) is 11.6 Å². The summed E-state index contributed by atoms with van der Waals surface area (Å²) in [5.74, 6) is 6.11. The van der Waals surface area contributed by atoms with Crippen LogP contribution < -0.4 is 5.84 Å². The molecule has 0 unspecified atom stereocenters. The first-order valence-electron chi connectivity index (χ1n) is 2.73. The summed E-state index contributed by atoms with van der Waals surface area (Å²) < 4.78 is 0. The molecule has 0 radical (unpaired) electrons. The van der Waals surface area contributed by atoms with Crippen LogP contribution in [0.15, 0.2) is 17.3 Å². The van der Waals surface area contributed by atoms with Gasteiger partial charge in [0.1, 0.15) is 5.84 Å². The Kier molecular flexibility index (Phi) is 2.95. The predicted octanol–water partition coefficient (Wildman–Crippen LogP) is 0.744. The first-order chi connectivity index (χ1) is 4.04. The molecule has 0 aliphatic heterocycles. The third-order valence-electron chi connectivity index (χ3n) is 0.863. The number of rotatable bonds is 1. The average Bonchev–Trinajstić information content (AvgIpc) is 1.63. The molecule has 0 saturated heterocycles. The molecule has 0 amide bonds. The van der Waals surface area contributed by atoms with Crippen LogP contribution in [0, 0.1) is 0 Å². The van der Waals surface area contributed by atoms with Crippen LogP contribution in [-0.2, 0) is 0 Å². The number of hydrogen-bond acceptors (Lipinski definition) is 2.